The van der Waals surface area contributed by atoms with Gasteiger partial charge in [0.1, 0.15) is 18.0 Å². The molecule has 1 aromatic rings. The fourth-order valence-electron chi connectivity index (χ4n) is 2.93. The molecule has 2 rings (SSSR count). The van der Waals surface area contributed by atoms with Crippen molar-refractivity contribution in [1.82, 2.24) is 0 Å². The van der Waals surface area contributed by atoms with Crippen LogP contribution < -0.4 is 10.5 Å². The van der Waals surface area contributed by atoms with Gasteiger partial charge in [-0.05, 0) is 29.9 Å². The smallest absolute Gasteiger partial charge is 0.128 e. The molecule has 0 amide bonds. The summed E-state index contributed by atoms with van der Waals surface area (Å²) in [7, 11) is 0. The Morgan fingerprint density at radius 2 is 1.71 bits per heavy atom. The van der Waals surface area contributed by atoms with Gasteiger partial charge in [0.2, 0.25) is 0 Å². The Hall–Kier alpha value is -1.06. The highest BCUT2D eigenvalue weighted by Crippen LogP contribution is 2.38. The highest BCUT2D eigenvalue weighted by atomic mass is 16.5. The Kier molecular flexibility index (Phi) is 5.28. The number of hydrogen-bond donors (Lipinski definition) is 1. The van der Waals surface area contributed by atoms with E-state index in [0.717, 1.165) is 12.2 Å². The van der Waals surface area contributed by atoms with Crippen LogP contribution in [-0.2, 0) is 4.74 Å². The van der Waals surface area contributed by atoms with Gasteiger partial charge in [-0.3, -0.25) is 0 Å². The minimum atomic E-state index is 0.0234. The molecule has 3 heteroatoms. The van der Waals surface area contributed by atoms with Crippen LogP contribution in [0.15, 0.2) is 18.2 Å². The zero-order valence-electron chi connectivity index (χ0n) is 13.9. The van der Waals surface area contributed by atoms with E-state index in [-0.39, 0.29) is 18.2 Å². The SMILES string of the molecule is CCOC1C(N)CC1Oc1c(C(C)C)cccc1C(C)C. The van der Waals surface area contributed by atoms with Crippen LogP contribution in [0.4, 0.5) is 0 Å². The summed E-state index contributed by atoms with van der Waals surface area (Å²) < 4.78 is 12.1. The highest BCUT2D eigenvalue weighted by Gasteiger charge is 2.42. The van der Waals surface area contributed by atoms with Gasteiger partial charge < -0.3 is 15.2 Å². The molecule has 2 N–H and O–H groups in total. The first-order valence-electron chi connectivity index (χ1n) is 8.12. The molecule has 1 aliphatic rings. The third-order valence-electron chi connectivity index (χ3n) is 4.24. The monoisotopic (exact) mass is 291 g/mol. The summed E-state index contributed by atoms with van der Waals surface area (Å²) in [6, 6.07) is 6.56. The first kappa shape index (κ1) is 16.3. The molecule has 0 saturated heterocycles. The van der Waals surface area contributed by atoms with Gasteiger partial charge in [0.05, 0.1) is 0 Å². The molecule has 0 aromatic heterocycles. The van der Waals surface area contributed by atoms with Gasteiger partial charge in [-0.1, -0.05) is 45.9 Å². The molecule has 1 saturated carbocycles. The lowest BCUT2D eigenvalue weighted by Gasteiger charge is -2.42. The van der Waals surface area contributed by atoms with E-state index in [1.807, 2.05) is 6.92 Å². The Bertz CT molecular complexity index is 444. The number of hydrogen-bond acceptors (Lipinski definition) is 3. The summed E-state index contributed by atoms with van der Waals surface area (Å²) in [5.74, 6) is 1.93. The molecule has 0 bridgehead atoms. The van der Waals surface area contributed by atoms with Gasteiger partial charge in [0.25, 0.3) is 0 Å². The van der Waals surface area contributed by atoms with Crippen molar-refractivity contribution < 1.29 is 9.47 Å². The second kappa shape index (κ2) is 6.80. The Morgan fingerprint density at radius 1 is 1.14 bits per heavy atom. The quantitative estimate of drug-likeness (QED) is 0.866. The van der Waals surface area contributed by atoms with E-state index in [2.05, 4.69) is 45.9 Å². The van der Waals surface area contributed by atoms with Crippen LogP contribution in [0.3, 0.4) is 0 Å². The standard InChI is InChI=1S/C18H29NO2/c1-6-20-18-15(19)10-16(18)21-17-13(11(2)3)8-7-9-14(17)12(4)5/h7-9,11-12,15-16,18H,6,10,19H2,1-5H3. The summed E-state index contributed by atoms with van der Waals surface area (Å²) in [5.41, 5.74) is 8.59. The predicted octanol–water partition coefficient (Wildman–Crippen LogP) is 3.82. The topological polar surface area (TPSA) is 44.5 Å². The van der Waals surface area contributed by atoms with Gasteiger partial charge in [0, 0.05) is 19.1 Å². The fraction of sp³-hybridized carbons (Fsp3) is 0.667. The van der Waals surface area contributed by atoms with Crippen LogP contribution in [0.2, 0.25) is 0 Å². The van der Waals surface area contributed by atoms with Gasteiger partial charge in [-0.15, -0.1) is 0 Å². The van der Waals surface area contributed by atoms with Crippen molar-refractivity contribution >= 4 is 0 Å². The van der Waals surface area contributed by atoms with Crippen LogP contribution in [0.1, 0.15) is 64.0 Å². The van der Waals surface area contributed by atoms with Gasteiger partial charge in [-0.2, -0.15) is 0 Å². The van der Waals surface area contributed by atoms with Gasteiger partial charge in [0.15, 0.2) is 0 Å². The molecule has 1 aromatic carbocycles. The third-order valence-corrected chi connectivity index (χ3v) is 4.24. The molecule has 0 radical (unpaired) electrons. The van der Waals surface area contributed by atoms with E-state index in [1.165, 1.54) is 11.1 Å². The Balaban J connectivity index is 2.26. The summed E-state index contributed by atoms with van der Waals surface area (Å²) in [4.78, 5) is 0. The number of para-hydroxylation sites is 1. The molecule has 1 fully saturated rings. The van der Waals surface area contributed by atoms with Crippen LogP contribution in [0.5, 0.6) is 5.75 Å². The molecule has 0 heterocycles. The fourth-order valence-corrected chi connectivity index (χ4v) is 2.93. The highest BCUT2D eigenvalue weighted by molar-refractivity contribution is 5.45. The normalized spacial score (nSPS) is 25.2. The molecular formula is C18H29NO2. The number of benzene rings is 1. The molecule has 118 valence electrons. The minimum Gasteiger partial charge on any atom is -0.487 e. The van der Waals surface area contributed by atoms with Gasteiger partial charge in [-0.25, -0.2) is 0 Å². The number of rotatable bonds is 6. The second-order valence-electron chi connectivity index (χ2n) is 6.55. The molecule has 3 nitrogen and oxygen atoms in total. The molecule has 0 aliphatic heterocycles. The molecule has 3 atom stereocenters. The van der Waals surface area contributed by atoms with Crippen molar-refractivity contribution in [2.45, 2.75) is 71.1 Å². The molecule has 21 heavy (non-hydrogen) atoms. The average Bonchev–Trinajstić information content (AvgIpc) is 2.44. The largest absolute Gasteiger partial charge is 0.487 e. The third kappa shape index (κ3) is 3.41. The zero-order chi connectivity index (χ0) is 15.6. The van der Waals surface area contributed by atoms with E-state index >= 15 is 0 Å². The Labute approximate surface area is 128 Å². The van der Waals surface area contributed by atoms with E-state index in [1.54, 1.807) is 0 Å². The molecular weight excluding hydrogens is 262 g/mol. The Morgan fingerprint density at radius 3 is 2.14 bits per heavy atom. The van der Waals surface area contributed by atoms with Crippen LogP contribution in [-0.4, -0.2) is 24.9 Å². The maximum atomic E-state index is 6.37. The van der Waals surface area contributed by atoms with E-state index < -0.39 is 0 Å². The lowest BCUT2D eigenvalue weighted by molar-refractivity contribution is -0.0951. The zero-order valence-corrected chi connectivity index (χ0v) is 13.9. The maximum Gasteiger partial charge on any atom is 0.128 e. The number of ether oxygens (including phenoxy) is 2. The summed E-state index contributed by atoms with van der Waals surface area (Å²) >= 11 is 0. The predicted molar refractivity (Wildman–Crippen MR) is 87.0 cm³/mol. The molecule has 1 aliphatic carbocycles. The minimum absolute atomic E-state index is 0.0234. The average molecular weight is 291 g/mol. The van der Waals surface area contributed by atoms with Crippen LogP contribution >= 0.6 is 0 Å². The molecule has 3 unspecified atom stereocenters. The van der Waals surface area contributed by atoms with E-state index in [4.69, 9.17) is 15.2 Å². The van der Waals surface area contributed by atoms with Gasteiger partial charge >= 0.3 is 0 Å². The lowest BCUT2D eigenvalue weighted by atomic mass is 9.85. The maximum absolute atomic E-state index is 6.37. The summed E-state index contributed by atoms with van der Waals surface area (Å²) in [6.45, 7) is 11.5. The molecule has 0 spiro atoms. The van der Waals surface area contributed by atoms with Crippen molar-refractivity contribution in [3.63, 3.8) is 0 Å². The van der Waals surface area contributed by atoms with Crippen molar-refractivity contribution in [3.05, 3.63) is 29.3 Å². The second-order valence-corrected chi connectivity index (χ2v) is 6.55. The van der Waals surface area contributed by atoms with Crippen molar-refractivity contribution in [2.75, 3.05) is 6.61 Å². The summed E-state index contributed by atoms with van der Waals surface area (Å²) in [5, 5.41) is 0. The van der Waals surface area contributed by atoms with E-state index in [0.29, 0.717) is 18.4 Å². The van der Waals surface area contributed by atoms with Crippen molar-refractivity contribution in [3.8, 4) is 5.75 Å². The van der Waals surface area contributed by atoms with Crippen LogP contribution in [0.25, 0.3) is 0 Å². The van der Waals surface area contributed by atoms with Crippen molar-refractivity contribution in [2.24, 2.45) is 5.73 Å². The number of nitrogens with two attached hydrogens (primary N) is 1. The first-order valence-corrected chi connectivity index (χ1v) is 8.12. The first-order chi connectivity index (χ1) is 9.95. The summed E-state index contributed by atoms with van der Waals surface area (Å²) in [6.07, 6.45) is 0.974. The van der Waals surface area contributed by atoms with E-state index in [9.17, 15) is 0 Å². The van der Waals surface area contributed by atoms with Crippen LogP contribution in [0, 0.1) is 0 Å². The van der Waals surface area contributed by atoms with Crippen molar-refractivity contribution in [1.29, 1.82) is 0 Å². The lowest BCUT2D eigenvalue weighted by Crippen LogP contribution is -2.59.